The highest BCUT2D eigenvalue weighted by atomic mass is 19.4. The van der Waals surface area contributed by atoms with E-state index < -0.39 is 29.5 Å². The first-order valence-electron chi connectivity index (χ1n) is 8.86. The monoisotopic (exact) mass is 382 g/mol. The molecule has 146 valence electrons. The lowest BCUT2D eigenvalue weighted by atomic mass is 9.81. The molecule has 1 aromatic carbocycles. The average Bonchev–Trinajstić information content (AvgIpc) is 2.67. The van der Waals surface area contributed by atoms with Crippen molar-refractivity contribution in [2.45, 2.75) is 19.0 Å². The molecule has 0 radical (unpaired) electrons. The summed E-state index contributed by atoms with van der Waals surface area (Å²) in [6.07, 6.45) is 0.0438. The van der Waals surface area contributed by atoms with E-state index in [1.165, 1.54) is 12.1 Å². The Kier molecular flexibility index (Phi) is 5.84. The highest BCUT2D eigenvalue weighted by Gasteiger charge is 2.37. The van der Waals surface area contributed by atoms with Gasteiger partial charge >= 0.3 is 6.18 Å². The van der Waals surface area contributed by atoms with E-state index in [9.17, 15) is 22.8 Å². The molecule has 1 N–H and O–H groups in total. The summed E-state index contributed by atoms with van der Waals surface area (Å²) in [5.74, 6) is -1.67. The predicted molar refractivity (Wildman–Crippen MR) is 92.8 cm³/mol. The Hall–Kier alpha value is -2.35. The molecule has 2 amide bonds. The Labute approximate surface area is 155 Å². The minimum atomic E-state index is -4.48. The minimum absolute atomic E-state index is 0.0712. The van der Waals surface area contributed by atoms with E-state index >= 15 is 0 Å². The number of carbonyl (C=O) groups excluding carboxylic acids is 2. The van der Waals surface area contributed by atoms with E-state index in [4.69, 9.17) is 4.74 Å². The molecule has 2 aliphatic rings. The van der Waals surface area contributed by atoms with Crippen molar-refractivity contribution >= 4 is 17.5 Å². The van der Waals surface area contributed by atoms with Gasteiger partial charge in [-0.2, -0.15) is 13.2 Å². The fraction of sp³-hybridized carbons (Fsp3) is 0.474. The second-order valence-corrected chi connectivity index (χ2v) is 6.66. The molecule has 27 heavy (non-hydrogen) atoms. The predicted octanol–water partition coefficient (Wildman–Crippen LogP) is 3.09. The van der Waals surface area contributed by atoms with Gasteiger partial charge in [0.2, 0.25) is 11.8 Å². The molecule has 1 aliphatic carbocycles. The molecule has 0 aromatic heterocycles. The van der Waals surface area contributed by atoms with E-state index in [-0.39, 0.29) is 11.6 Å². The van der Waals surface area contributed by atoms with Crippen LogP contribution in [0.3, 0.4) is 0 Å². The Morgan fingerprint density at radius 3 is 2.41 bits per heavy atom. The average molecular weight is 382 g/mol. The Balaban J connectivity index is 1.72. The molecular weight excluding hydrogens is 361 g/mol. The van der Waals surface area contributed by atoms with Gasteiger partial charge in [-0.1, -0.05) is 18.2 Å². The van der Waals surface area contributed by atoms with Gasteiger partial charge < -0.3 is 15.0 Å². The summed E-state index contributed by atoms with van der Waals surface area (Å²) in [5.41, 5.74) is -0.758. The number of hydrogen-bond acceptors (Lipinski definition) is 3. The number of morpholine rings is 1. The van der Waals surface area contributed by atoms with E-state index in [2.05, 4.69) is 5.32 Å². The summed E-state index contributed by atoms with van der Waals surface area (Å²) in [4.78, 5) is 27.2. The summed E-state index contributed by atoms with van der Waals surface area (Å²) >= 11 is 0. The number of anilines is 1. The zero-order chi connectivity index (χ0) is 19.4. The summed E-state index contributed by atoms with van der Waals surface area (Å²) < 4.78 is 43.8. The van der Waals surface area contributed by atoms with Crippen LogP contribution in [0.15, 0.2) is 36.4 Å². The largest absolute Gasteiger partial charge is 0.416 e. The van der Waals surface area contributed by atoms with E-state index in [0.29, 0.717) is 39.1 Å². The smallest absolute Gasteiger partial charge is 0.378 e. The van der Waals surface area contributed by atoms with Crippen molar-refractivity contribution in [1.29, 1.82) is 0 Å². The van der Waals surface area contributed by atoms with Crippen molar-refractivity contribution in [3.8, 4) is 0 Å². The van der Waals surface area contributed by atoms with Crippen LogP contribution in [0, 0.1) is 11.8 Å². The molecule has 0 bridgehead atoms. The first kappa shape index (κ1) is 19.4. The zero-order valence-corrected chi connectivity index (χ0v) is 14.7. The van der Waals surface area contributed by atoms with E-state index in [1.54, 1.807) is 4.90 Å². The van der Waals surface area contributed by atoms with Gasteiger partial charge in [-0.05, 0) is 31.0 Å². The van der Waals surface area contributed by atoms with Crippen molar-refractivity contribution in [1.82, 2.24) is 4.90 Å². The molecule has 1 heterocycles. The van der Waals surface area contributed by atoms with E-state index in [0.717, 1.165) is 12.1 Å². The number of rotatable bonds is 3. The van der Waals surface area contributed by atoms with Gasteiger partial charge in [0.15, 0.2) is 0 Å². The van der Waals surface area contributed by atoms with Gasteiger partial charge in [0.25, 0.3) is 0 Å². The quantitative estimate of drug-likeness (QED) is 0.818. The van der Waals surface area contributed by atoms with Crippen molar-refractivity contribution in [2.75, 3.05) is 31.6 Å². The van der Waals surface area contributed by atoms with Crippen LogP contribution in [0.1, 0.15) is 18.4 Å². The minimum Gasteiger partial charge on any atom is -0.378 e. The van der Waals surface area contributed by atoms with Crippen molar-refractivity contribution in [3.05, 3.63) is 42.0 Å². The van der Waals surface area contributed by atoms with Crippen molar-refractivity contribution in [3.63, 3.8) is 0 Å². The lowest BCUT2D eigenvalue weighted by Gasteiger charge is -2.34. The highest BCUT2D eigenvalue weighted by Crippen LogP contribution is 2.32. The van der Waals surface area contributed by atoms with Gasteiger partial charge in [-0.25, -0.2) is 0 Å². The van der Waals surface area contributed by atoms with Gasteiger partial charge in [0.05, 0.1) is 30.6 Å². The van der Waals surface area contributed by atoms with Crippen LogP contribution in [0.5, 0.6) is 0 Å². The molecule has 0 unspecified atom stereocenters. The third kappa shape index (κ3) is 4.68. The summed E-state index contributed by atoms with van der Waals surface area (Å²) in [6, 6.07) is 4.50. The number of benzene rings is 1. The van der Waals surface area contributed by atoms with E-state index in [1.807, 2.05) is 12.2 Å². The molecule has 5 nitrogen and oxygen atoms in total. The molecule has 1 fully saturated rings. The molecule has 1 saturated heterocycles. The van der Waals surface area contributed by atoms with Crippen LogP contribution in [0.2, 0.25) is 0 Å². The lowest BCUT2D eigenvalue weighted by molar-refractivity contribution is -0.144. The number of nitrogens with zero attached hydrogens (tertiary/aromatic N) is 1. The second kappa shape index (κ2) is 8.12. The normalized spacial score (nSPS) is 23.1. The summed E-state index contributed by atoms with van der Waals surface area (Å²) in [5, 5.41) is 2.54. The number of alkyl halides is 3. The summed E-state index contributed by atoms with van der Waals surface area (Å²) in [7, 11) is 0. The number of nitrogens with one attached hydrogen (secondary N) is 1. The number of ether oxygens (including phenoxy) is 1. The third-order valence-electron chi connectivity index (χ3n) is 4.87. The van der Waals surface area contributed by atoms with Crippen LogP contribution < -0.4 is 5.32 Å². The SMILES string of the molecule is O=C(Nc1cccc(C(F)(F)F)c1)[C@@H]1CC=CC[C@H]1C(=O)N1CCOCC1. The topological polar surface area (TPSA) is 58.6 Å². The van der Waals surface area contributed by atoms with Crippen LogP contribution in [0.25, 0.3) is 0 Å². The van der Waals surface area contributed by atoms with Gasteiger partial charge in [0.1, 0.15) is 0 Å². The van der Waals surface area contributed by atoms with Crippen LogP contribution in [-0.2, 0) is 20.5 Å². The van der Waals surface area contributed by atoms with Gasteiger partial charge in [0, 0.05) is 18.8 Å². The third-order valence-corrected chi connectivity index (χ3v) is 4.87. The number of amides is 2. The van der Waals surface area contributed by atoms with Crippen molar-refractivity contribution < 1.29 is 27.5 Å². The molecule has 1 aliphatic heterocycles. The fourth-order valence-electron chi connectivity index (χ4n) is 3.40. The Bertz CT molecular complexity index is 727. The number of hydrogen-bond donors (Lipinski definition) is 1. The molecule has 2 atom stereocenters. The van der Waals surface area contributed by atoms with Crippen LogP contribution >= 0.6 is 0 Å². The maximum absolute atomic E-state index is 12.9. The standard InChI is InChI=1S/C19H21F3N2O3/c20-19(21,22)13-4-3-5-14(12-13)23-17(25)15-6-1-2-7-16(15)18(26)24-8-10-27-11-9-24/h1-5,12,15-16H,6-11H2,(H,23,25)/t15-,16-/m1/s1. The van der Waals surface area contributed by atoms with Crippen LogP contribution in [-0.4, -0.2) is 43.0 Å². The molecule has 3 rings (SSSR count). The molecular formula is C19H21F3N2O3. The Morgan fingerprint density at radius 1 is 1.07 bits per heavy atom. The zero-order valence-electron chi connectivity index (χ0n) is 14.7. The van der Waals surface area contributed by atoms with Crippen LogP contribution in [0.4, 0.5) is 18.9 Å². The molecule has 1 aromatic rings. The molecule has 8 heteroatoms. The number of halogens is 3. The summed E-state index contributed by atoms with van der Waals surface area (Å²) in [6.45, 7) is 1.91. The number of carbonyl (C=O) groups is 2. The maximum Gasteiger partial charge on any atom is 0.416 e. The molecule has 0 saturated carbocycles. The lowest BCUT2D eigenvalue weighted by Crippen LogP contribution is -2.47. The van der Waals surface area contributed by atoms with Crippen molar-refractivity contribution in [2.24, 2.45) is 11.8 Å². The fourth-order valence-corrected chi connectivity index (χ4v) is 3.40. The maximum atomic E-state index is 12.9. The van der Waals surface area contributed by atoms with Gasteiger partial charge in [-0.3, -0.25) is 9.59 Å². The Morgan fingerprint density at radius 2 is 1.74 bits per heavy atom. The first-order chi connectivity index (χ1) is 12.9. The first-order valence-corrected chi connectivity index (χ1v) is 8.86. The molecule has 0 spiro atoms. The highest BCUT2D eigenvalue weighted by molar-refractivity contribution is 5.96. The number of allylic oxidation sites excluding steroid dienone is 2. The van der Waals surface area contributed by atoms with Gasteiger partial charge in [-0.15, -0.1) is 0 Å². The second-order valence-electron chi connectivity index (χ2n) is 6.66.